The van der Waals surface area contributed by atoms with Gasteiger partial charge in [-0.1, -0.05) is 0 Å². The summed E-state index contributed by atoms with van der Waals surface area (Å²) in [5, 5.41) is 5.97. The lowest BCUT2D eigenvalue weighted by Gasteiger charge is -2.10. The van der Waals surface area contributed by atoms with Crippen molar-refractivity contribution in [3.05, 3.63) is 23.8 Å². The molecule has 1 aliphatic rings. The number of nitrogen functional groups attached to an aromatic ring is 1. The largest absolute Gasteiger partial charge is 0.465 e. The van der Waals surface area contributed by atoms with Crippen LogP contribution in [-0.4, -0.2) is 31.6 Å². The summed E-state index contributed by atoms with van der Waals surface area (Å²) in [6, 6.07) is 5.24. The van der Waals surface area contributed by atoms with E-state index < -0.39 is 5.97 Å². The molecule has 0 radical (unpaired) electrons. The Bertz CT molecular complexity index is 512. The number of carbonyl (C=O) groups is 2. The third-order valence-corrected chi connectivity index (χ3v) is 3.08. The average molecular weight is 277 g/mol. The molecule has 0 atom stereocenters. The van der Waals surface area contributed by atoms with Crippen LogP contribution in [0.1, 0.15) is 29.6 Å². The van der Waals surface area contributed by atoms with Gasteiger partial charge in [0.1, 0.15) is 0 Å². The van der Waals surface area contributed by atoms with E-state index in [1.54, 1.807) is 18.2 Å². The van der Waals surface area contributed by atoms with Crippen LogP contribution in [-0.2, 0) is 9.53 Å². The van der Waals surface area contributed by atoms with Crippen LogP contribution in [0.3, 0.4) is 0 Å². The highest BCUT2D eigenvalue weighted by Gasteiger charge is 2.22. The van der Waals surface area contributed by atoms with Crippen molar-refractivity contribution in [1.29, 1.82) is 0 Å². The zero-order chi connectivity index (χ0) is 14.5. The highest BCUT2D eigenvalue weighted by molar-refractivity contribution is 5.92. The molecule has 0 heterocycles. The summed E-state index contributed by atoms with van der Waals surface area (Å²) in [6.45, 7) is 0.466. The normalized spacial score (nSPS) is 13.7. The Hall–Kier alpha value is -2.24. The molecular formula is C14H19N3O3. The lowest BCUT2D eigenvalue weighted by Crippen LogP contribution is -2.27. The molecule has 1 aromatic carbocycles. The van der Waals surface area contributed by atoms with Crippen LogP contribution in [0.4, 0.5) is 11.4 Å². The predicted octanol–water partition coefficient (Wildman–Crippen LogP) is 1.14. The molecule has 1 saturated carbocycles. The average Bonchev–Trinajstić information content (AvgIpc) is 3.23. The molecule has 1 aromatic rings. The Morgan fingerprint density at radius 2 is 2.15 bits per heavy atom. The van der Waals surface area contributed by atoms with Gasteiger partial charge in [-0.05, 0) is 31.0 Å². The molecule has 0 aromatic heterocycles. The first kappa shape index (κ1) is 14.2. The van der Waals surface area contributed by atoms with Crippen molar-refractivity contribution in [3.8, 4) is 0 Å². The van der Waals surface area contributed by atoms with Crippen molar-refractivity contribution < 1.29 is 14.3 Å². The molecule has 20 heavy (non-hydrogen) atoms. The third-order valence-electron chi connectivity index (χ3n) is 3.08. The van der Waals surface area contributed by atoms with Crippen molar-refractivity contribution >= 4 is 23.3 Å². The number of amides is 1. The van der Waals surface area contributed by atoms with Crippen molar-refractivity contribution in [1.82, 2.24) is 5.32 Å². The van der Waals surface area contributed by atoms with Crippen molar-refractivity contribution in [3.63, 3.8) is 0 Å². The van der Waals surface area contributed by atoms with Gasteiger partial charge in [-0.3, -0.25) is 4.79 Å². The lowest BCUT2D eigenvalue weighted by atomic mass is 10.1. The maximum absolute atomic E-state index is 11.5. The van der Waals surface area contributed by atoms with Crippen LogP contribution >= 0.6 is 0 Å². The van der Waals surface area contributed by atoms with Crippen LogP contribution in [0.2, 0.25) is 0 Å². The molecule has 0 unspecified atom stereocenters. The standard InChI is InChI=1S/C14H19N3O3/c1-20-14(19)9-2-5-11(15)12(8-9)16-7-6-13(18)17-10-3-4-10/h2,5,8,10,16H,3-4,6-7,15H2,1H3,(H,17,18). The molecule has 1 aliphatic carbocycles. The van der Waals surface area contributed by atoms with E-state index in [2.05, 4.69) is 15.4 Å². The molecule has 4 N–H and O–H groups in total. The summed E-state index contributed by atoms with van der Waals surface area (Å²) in [6.07, 6.45) is 2.53. The molecule has 6 heteroatoms. The number of anilines is 2. The van der Waals surface area contributed by atoms with E-state index in [-0.39, 0.29) is 5.91 Å². The van der Waals surface area contributed by atoms with Crippen molar-refractivity contribution in [2.75, 3.05) is 24.7 Å². The summed E-state index contributed by atoms with van der Waals surface area (Å²) >= 11 is 0. The number of benzene rings is 1. The number of nitrogens with one attached hydrogen (secondary N) is 2. The highest BCUT2D eigenvalue weighted by atomic mass is 16.5. The van der Waals surface area contributed by atoms with Gasteiger partial charge in [0.15, 0.2) is 0 Å². The summed E-state index contributed by atoms with van der Waals surface area (Å²) in [7, 11) is 1.33. The zero-order valence-electron chi connectivity index (χ0n) is 11.4. The Labute approximate surface area is 117 Å². The van der Waals surface area contributed by atoms with Crippen LogP contribution in [0, 0.1) is 0 Å². The number of ether oxygens (including phenoxy) is 1. The smallest absolute Gasteiger partial charge is 0.337 e. The number of hydrogen-bond acceptors (Lipinski definition) is 5. The number of carbonyl (C=O) groups excluding carboxylic acids is 2. The second-order valence-electron chi connectivity index (χ2n) is 4.81. The predicted molar refractivity (Wildman–Crippen MR) is 76.5 cm³/mol. The van der Waals surface area contributed by atoms with Crippen LogP contribution in [0.5, 0.6) is 0 Å². The molecule has 1 amide bonds. The van der Waals surface area contributed by atoms with Crippen molar-refractivity contribution in [2.45, 2.75) is 25.3 Å². The van der Waals surface area contributed by atoms with E-state index in [1.165, 1.54) is 7.11 Å². The van der Waals surface area contributed by atoms with E-state index in [9.17, 15) is 9.59 Å². The minimum atomic E-state index is -0.417. The molecular weight excluding hydrogens is 258 g/mol. The second kappa shape index (κ2) is 6.27. The lowest BCUT2D eigenvalue weighted by molar-refractivity contribution is -0.120. The van der Waals surface area contributed by atoms with Gasteiger partial charge in [-0.2, -0.15) is 0 Å². The molecule has 0 bridgehead atoms. The monoisotopic (exact) mass is 277 g/mol. The van der Waals surface area contributed by atoms with Gasteiger partial charge in [-0.25, -0.2) is 4.79 Å². The summed E-state index contributed by atoms with van der Waals surface area (Å²) < 4.78 is 4.65. The minimum Gasteiger partial charge on any atom is -0.465 e. The molecule has 0 saturated heterocycles. The Morgan fingerprint density at radius 1 is 1.40 bits per heavy atom. The quantitative estimate of drug-likeness (QED) is 0.535. The van der Waals surface area contributed by atoms with E-state index >= 15 is 0 Å². The van der Waals surface area contributed by atoms with E-state index in [4.69, 9.17) is 5.73 Å². The van der Waals surface area contributed by atoms with Crippen LogP contribution in [0.25, 0.3) is 0 Å². The molecule has 2 rings (SSSR count). The van der Waals surface area contributed by atoms with Gasteiger partial charge >= 0.3 is 5.97 Å². The number of rotatable bonds is 6. The van der Waals surface area contributed by atoms with Gasteiger partial charge in [0.2, 0.25) is 5.91 Å². The summed E-state index contributed by atoms with van der Waals surface area (Å²) in [5.41, 5.74) is 7.41. The first-order chi connectivity index (χ1) is 9.60. The summed E-state index contributed by atoms with van der Waals surface area (Å²) in [5.74, 6) is -0.387. The first-order valence-corrected chi connectivity index (χ1v) is 6.61. The van der Waals surface area contributed by atoms with Crippen LogP contribution < -0.4 is 16.4 Å². The highest BCUT2D eigenvalue weighted by Crippen LogP contribution is 2.21. The van der Waals surface area contributed by atoms with E-state index in [0.717, 1.165) is 12.8 Å². The first-order valence-electron chi connectivity index (χ1n) is 6.61. The fourth-order valence-corrected chi connectivity index (χ4v) is 1.79. The molecule has 0 spiro atoms. The van der Waals surface area contributed by atoms with E-state index in [0.29, 0.717) is 35.9 Å². The molecule has 1 fully saturated rings. The fourth-order valence-electron chi connectivity index (χ4n) is 1.79. The number of esters is 1. The van der Waals surface area contributed by atoms with Gasteiger partial charge in [0.05, 0.1) is 24.0 Å². The molecule has 0 aliphatic heterocycles. The Balaban J connectivity index is 1.87. The summed E-state index contributed by atoms with van der Waals surface area (Å²) in [4.78, 5) is 23.0. The Morgan fingerprint density at radius 3 is 2.80 bits per heavy atom. The molecule has 6 nitrogen and oxygen atoms in total. The van der Waals surface area contributed by atoms with Gasteiger partial charge in [0.25, 0.3) is 0 Å². The number of hydrogen-bond donors (Lipinski definition) is 3. The maximum Gasteiger partial charge on any atom is 0.337 e. The molecule has 108 valence electrons. The van der Waals surface area contributed by atoms with Gasteiger partial charge in [0, 0.05) is 19.0 Å². The van der Waals surface area contributed by atoms with Gasteiger partial charge < -0.3 is 21.1 Å². The zero-order valence-corrected chi connectivity index (χ0v) is 11.4. The van der Waals surface area contributed by atoms with Crippen LogP contribution in [0.15, 0.2) is 18.2 Å². The third kappa shape index (κ3) is 3.88. The fraction of sp³-hybridized carbons (Fsp3) is 0.429. The number of methoxy groups -OCH3 is 1. The topological polar surface area (TPSA) is 93.4 Å². The SMILES string of the molecule is COC(=O)c1ccc(N)c(NCCC(=O)NC2CC2)c1. The minimum absolute atomic E-state index is 0.0303. The maximum atomic E-state index is 11.5. The van der Waals surface area contributed by atoms with Gasteiger partial charge in [-0.15, -0.1) is 0 Å². The van der Waals surface area contributed by atoms with E-state index in [1.807, 2.05) is 0 Å². The second-order valence-corrected chi connectivity index (χ2v) is 4.81. The van der Waals surface area contributed by atoms with Crippen molar-refractivity contribution in [2.24, 2.45) is 0 Å². The number of nitrogens with two attached hydrogens (primary N) is 1. The Kier molecular flexibility index (Phi) is 4.45.